The minimum atomic E-state index is -0.110. The lowest BCUT2D eigenvalue weighted by Crippen LogP contribution is -2.48. The van der Waals surface area contributed by atoms with Crippen molar-refractivity contribution in [3.63, 3.8) is 0 Å². The van der Waals surface area contributed by atoms with E-state index in [4.69, 9.17) is 20.8 Å². The lowest BCUT2D eigenvalue weighted by Gasteiger charge is -2.35. The highest BCUT2D eigenvalue weighted by Crippen LogP contribution is 2.21. The van der Waals surface area contributed by atoms with E-state index in [2.05, 4.69) is 4.90 Å². The predicted octanol–water partition coefficient (Wildman–Crippen LogP) is 2.90. The van der Waals surface area contributed by atoms with Crippen LogP contribution in [-0.2, 0) is 0 Å². The van der Waals surface area contributed by atoms with E-state index >= 15 is 0 Å². The fourth-order valence-corrected chi connectivity index (χ4v) is 2.69. The highest BCUT2D eigenvalue weighted by molar-refractivity contribution is 6.29. The molecule has 0 spiro atoms. The molecule has 1 aliphatic heterocycles. The van der Waals surface area contributed by atoms with Gasteiger partial charge in [0.2, 0.25) is 0 Å². The van der Waals surface area contributed by atoms with E-state index in [1.807, 2.05) is 24.3 Å². The topological polar surface area (TPSA) is 45.9 Å². The Bertz CT molecular complexity index is 646. The van der Waals surface area contributed by atoms with Crippen LogP contribution < -0.4 is 9.64 Å². The molecule has 2 aromatic rings. The smallest absolute Gasteiger partial charge is 0.289 e. The van der Waals surface area contributed by atoms with Crippen molar-refractivity contribution in [2.24, 2.45) is 0 Å². The summed E-state index contributed by atoms with van der Waals surface area (Å²) in [6, 6.07) is 11.1. The maximum absolute atomic E-state index is 12.3. The normalized spacial score (nSPS) is 15.0. The van der Waals surface area contributed by atoms with Crippen LogP contribution in [-0.4, -0.2) is 44.1 Å². The van der Waals surface area contributed by atoms with Crippen LogP contribution in [0.25, 0.3) is 0 Å². The highest BCUT2D eigenvalue weighted by atomic mass is 35.5. The molecule has 0 atom stereocenters. The number of anilines is 1. The summed E-state index contributed by atoms with van der Waals surface area (Å²) < 4.78 is 10.3. The Labute approximate surface area is 134 Å². The number of benzene rings is 1. The highest BCUT2D eigenvalue weighted by Gasteiger charge is 2.24. The summed E-state index contributed by atoms with van der Waals surface area (Å²) in [4.78, 5) is 16.3. The number of nitrogens with zero attached hydrogens (tertiary/aromatic N) is 2. The predicted molar refractivity (Wildman–Crippen MR) is 84.8 cm³/mol. The van der Waals surface area contributed by atoms with Gasteiger partial charge >= 0.3 is 0 Å². The number of rotatable bonds is 3. The maximum atomic E-state index is 12.3. The number of furan rings is 1. The Morgan fingerprint density at radius 3 is 2.32 bits per heavy atom. The Morgan fingerprint density at radius 1 is 1.09 bits per heavy atom. The summed E-state index contributed by atoms with van der Waals surface area (Å²) >= 11 is 5.72. The van der Waals surface area contributed by atoms with Gasteiger partial charge in [-0.05, 0) is 48.0 Å². The molecule has 1 aromatic carbocycles. The molecular formula is C16H17ClN2O3. The van der Waals surface area contributed by atoms with Crippen molar-refractivity contribution in [2.75, 3.05) is 38.2 Å². The number of ether oxygens (including phenoxy) is 1. The average molecular weight is 321 g/mol. The molecular weight excluding hydrogens is 304 g/mol. The van der Waals surface area contributed by atoms with Crippen LogP contribution in [0, 0.1) is 0 Å². The molecule has 1 aromatic heterocycles. The summed E-state index contributed by atoms with van der Waals surface area (Å²) in [5, 5.41) is 0.236. The van der Waals surface area contributed by atoms with Gasteiger partial charge in [0.25, 0.3) is 5.91 Å². The molecule has 0 N–H and O–H groups in total. The molecule has 5 nitrogen and oxygen atoms in total. The van der Waals surface area contributed by atoms with E-state index in [1.165, 1.54) is 0 Å². The van der Waals surface area contributed by atoms with E-state index < -0.39 is 0 Å². The number of hydrogen-bond donors (Lipinski definition) is 0. The molecule has 1 fully saturated rings. The summed E-state index contributed by atoms with van der Waals surface area (Å²) in [6.07, 6.45) is 0. The molecule has 1 aliphatic rings. The molecule has 0 aliphatic carbocycles. The van der Waals surface area contributed by atoms with Crippen LogP contribution in [0.2, 0.25) is 5.22 Å². The summed E-state index contributed by atoms with van der Waals surface area (Å²) in [7, 11) is 1.65. The first-order valence-electron chi connectivity index (χ1n) is 7.11. The van der Waals surface area contributed by atoms with Crippen molar-refractivity contribution in [3.8, 4) is 5.75 Å². The van der Waals surface area contributed by atoms with Gasteiger partial charge < -0.3 is 19.0 Å². The molecule has 0 radical (unpaired) electrons. The van der Waals surface area contributed by atoms with Gasteiger partial charge in [-0.1, -0.05) is 0 Å². The lowest BCUT2D eigenvalue weighted by molar-refractivity contribution is 0.0715. The van der Waals surface area contributed by atoms with Crippen molar-refractivity contribution >= 4 is 23.2 Å². The molecule has 1 amide bonds. The zero-order chi connectivity index (χ0) is 15.5. The van der Waals surface area contributed by atoms with Crippen LogP contribution in [0.3, 0.4) is 0 Å². The maximum Gasteiger partial charge on any atom is 0.289 e. The van der Waals surface area contributed by atoms with Crippen molar-refractivity contribution in [2.45, 2.75) is 0 Å². The van der Waals surface area contributed by atoms with Gasteiger partial charge in [0.05, 0.1) is 7.11 Å². The Kier molecular flexibility index (Phi) is 4.24. The Balaban J connectivity index is 1.61. The zero-order valence-electron chi connectivity index (χ0n) is 12.3. The first-order valence-corrected chi connectivity index (χ1v) is 7.49. The van der Waals surface area contributed by atoms with Gasteiger partial charge in [0.15, 0.2) is 11.0 Å². The van der Waals surface area contributed by atoms with Gasteiger partial charge in [-0.25, -0.2) is 0 Å². The Hall–Kier alpha value is -2.14. The molecule has 2 heterocycles. The van der Waals surface area contributed by atoms with Crippen molar-refractivity contribution in [3.05, 3.63) is 47.4 Å². The average Bonchev–Trinajstić information content (AvgIpc) is 3.01. The number of carbonyl (C=O) groups excluding carboxylic acids is 1. The summed E-state index contributed by atoms with van der Waals surface area (Å²) in [6.45, 7) is 2.88. The van der Waals surface area contributed by atoms with E-state index in [0.717, 1.165) is 24.5 Å². The van der Waals surface area contributed by atoms with E-state index in [1.54, 1.807) is 24.1 Å². The summed E-state index contributed by atoms with van der Waals surface area (Å²) in [5.41, 5.74) is 1.13. The molecule has 6 heteroatoms. The zero-order valence-corrected chi connectivity index (χ0v) is 13.0. The molecule has 0 saturated carbocycles. The third-order valence-corrected chi connectivity index (χ3v) is 3.99. The van der Waals surface area contributed by atoms with Crippen molar-refractivity contribution < 1.29 is 13.9 Å². The molecule has 0 unspecified atom stereocenters. The number of methoxy groups -OCH3 is 1. The van der Waals surface area contributed by atoms with Crippen LogP contribution in [0.5, 0.6) is 5.75 Å². The second kappa shape index (κ2) is 6.32. The molecule has 1 saturated heterocycles. The molecule has 3 rings (SSSR count). The molecule has 116 valence electrons. The SMILES string of the molecule is COc1ccc(N2CCN(C(=O)c3ccc(Cl)o3)CC2)cc1. The van der Waals surface area contributed by atoms with Crippen LogP contribution in [0.1, 0.15) is 10.6 Å². The van der Waals surface area contributed by atoms with E-state index in [9.17, 15) is 4.79 Å². The first kappa shape index (κ1) is 14.8. The fourth-order valence-electron chi connectivity index (χ4n) is 2.55. The summed E-state index contributed by atoms with van der Waals surface area (Å²) in [5.74, 6) is 1.02. The first-order chi connectivity index (χ1) is 10.7. The van der Waals surface area contributed by atoms with Gasteiger partial charge in [-0.2, -0.15) is 0 Å². The molecule has 22 heavy (non-hydrogen) atoms. The standard InChI is InChI=1S/C16H17ClN2O3/c1-21-13-4-2-12(3-5-13)18-8-10-19(11-9-18)16(20)14-6-7-15(17)22-14/h2-7H,8-11H2,1H3. The number of piperazine rings is 1. The minimum Gasteiger partial charge on any atom is -0.497 e. The van der Waals surface area contributed by atoms with Gasteiger partial charge in [-0.3, -0.25) is 4.79 Å². The van der Waals surface area contributed by atoms with Crippen molar-refractivity contribution in [1.82, 2.24) is 4.90 Å². The lowest BCUT2D eigenvalue weighted by atomic mass is 10.2. The number of amides is 1. The quantitative estimate of drug-likeness (QED) is 0.872. The number of halogens is 1. The van der Waals surface area contributed by atoms with Gasteiger partial charge in [0.1, 0.15) is 5.75 Å². The third kappa shape index (κ3) is 3.04. The second-order valence-corrected chi connectivity index (χ2v) is 5.45. The van der Waals surface area contributed by atoms with Crippen LogP contribution in [0.4, 0.5) is 5.69 Å². The number of hydrogen-bond acceptors (Lipinski definition) is 4. The van der Waals surface area contributed by atoms with E-state index in [0.29, 0.717) is 18.8 Å². The van der Waals surface area contributed by atoms with Crippen LogP contribution in [0.15, 0.2) is 40.8 Å². The van der Waals surface area contributed by atoms with Gasteiger partial charge in [-0.15, -0.1) is 0 Å². The molecule has 0 bridgehead atoms. The third-order valence-electron chi connectivity index (χ3n) is 3.79. The fraction of sp³-hybridized carbons (Fsp3) is 0.312. The van der Waals surface area contributed by atoms with E-state index in [-0.39, 0.29) is 11.1 Å². The van der Waals surface area contributed by atoms with Crippen molar-refractivity contribution in [1.29, 1.82) is 0 Å². The second-order valence-electron chi connectivity index (χ2n) is 5.08. The Morgan fingerprint density at radius 2 is 1.77 bits per heavy atom. The number of carbonyl (C=O) groups is 1. The monoisotopic (exact) mass is 320 g/mol. The van der Waals surface area contributed by atoms with Crippen LogP contribution >= 0.6 is 11.6 Å². The van der Waals surface area contributed by atoms with Gasteiger partial charge in [0, 0.05) is 31.9 Å². The largest absolute Gasteiger partial charge is 0.497 e. The minimum absolute atomic E-state index is 0.110.